The number of hydrogen-bond donors (Lipinski definition) is 2. The number of rotatable bonds is 2. The summed E-state index contributed by atoms with van der Waals surface area (Å²) in [7, 11) is 0. The van der Waals surface area contributed by atoms with Crippen molar-refractivity contribution >= 4 is 22.8 Å². The number of nitrogens with two attached hydrogens (primary N) is 1. The first-order valence-electron chi connectivity index (χ1n) is 7.09. The summed E-state index contributed by atoms with van der Waals surface area (Å²) in [4.78, 5) is 32.9. The van der Waals surface area contributed by atoms with Crippen LogP contribution in [0.5, 0.6) is 0 Å². The molecule has 0 radical (unpaired) electrons. The van der Waals surface area contributed by atoms with Crippen LogP contribution in [-0.4, -0.2) is 39.3 Å². The number of piperidine rings is 1. The summed E-state index contributed by atoms with van der Waals surface area (Å²) in [5.74, 6) is -0.644. The Bertz CT molecular complexity index is 694. The van der Waals surface area contributed by atoms with Gasteiger partial charge in [-0.15, -0.1) is 0 Å². The zero-order valence-corrected chi connectivity index (χ0v) is 11.9. The number of nitrogens with zero attached hydrogens (tertiary/aromatic N) is 2. The van der Waals surface area contributed by atoms with Crippen molar-refractivity contribution < 1.29 is 9.59 Å². The number of likely N-dealkylation sites (tertiary alicyclic amines) is 1. The summed E-state index contributed by atoms with van der Waals surface area (Å²) in [5.41, 5.74) is 7.64. The zero-order valence-electron chi connectivity index (χ0n) is 11.9. The molecule has 6 heteroatoms. The molecule has 110 valence electrons. The van der Waals surface area contributed by atoms with Crippen molar-refractivity contribution in [3.63, 3.8) is 0 Å². The number of carbonyl (C=O) groups is 2. The maximum Gasteiger partial charge on any atom is 0.254 e. The topological polar surface area (TPSA) is 92.1 Å². The second kappa shape index (κ2) is 5.20. The molecule has 2 amide bonds. The van der Waals surface area contributed by atoms with Crippen LogP contribution in [0.1, 0.15) is 30.1 Å². The van der Waals surface area contributed by atoms with Crippen molar-refractivity contribution in [3.05, 3.63) is 30.1 Å². The normalized spacial score (nSPS) is 22.4. The molecular weight excluding hydrogens is 268 g/mol. The third kappa shape index (κ3) is 2.49. The quantitative estimate of drug-likeness (QED) is 0.871. The Morgan fingerprint density at radius 1 is 1.38 bits per heavy atom. The molecule has 0 saturated carbocycles. The van der Waals surface area contributed by atoms with Crippen molar-refractivity contribution in [1.29, 1.82) is 0 Å². The van der Waals surface area contributed by atoms with Crippen molar-refractivity contribution in [2.45, 2.75) is 25.8 Å². The second-order valence-corrected chi connectivity index (χ2v) is 5.62. The van der Waals surface area contributed by atoms with Gasteiger partial charge in [0.1, 0.15) is 0 Å². The van der Waals surface area contributed by atoms with Crippen molar-refractivity contribution in [2.75, 3.05) is 6.54 Å². The monoisotopic (exact) mass is 286 g/mol. The van der Waals surface area contributed by atoms with Crippen LogP contribution < -0.4 is 5.73 Å². The maximum absolute atomic E-state index is 12.7. The molecule has 1 aliphatic rings. The van der Waals surface area contributed by atoms with Crippen LogP contribution >= 0.6 is 0 Å². The summed E-state index contributed by atoms with van der Waals surface area (Å²) in [6, 6.07) is 5.50. The fourth-order valence-electron chi connectivity index (χ4n) is 2.86. The molecule has 0 aliphatic carbocycles. The van der Waals surface area contributed by atoms with Crippen molar-refractivity contribution in [1.82, 2.24) is 14.9 Å². The minimum Gasteiger partial charge on any atom is -0.369 e. The van der Waals surface area contributed by atoms with Gasteiger partial charge in [0.15, 0.2) is 0 Å². The molecule has 3 N–H and O–H groups in total. The zero-order chi connectivity index (χ0) is 15.0. The Labute approximate surface area is 122 Å². The number of aromatic amines is 1. The minimum atomic E-state index is -0.330. The van der Waals surface area contributed by atoms with Crippen molar-refractivity contribution in [3.8, 4) is 0 Å². The highest BCUT2D eigenvalue weighted by atomic mass is 16.2. The van der Waals surface area contributed by atoms with Gasteiger partial charge in [0.25, 0.3) is 5.91 Å². The van der Waals surface area contributed by atoms with E-state index < -0.39 is 0 Å². The first-order valence-corrected chi connectivity index (χ1v) is 7.09. The molecule has 1 aromatic heterocycles. The fraction of sp³-hybridized carbons (Fsp3) is 0.400. The number of fused-ring (bicyclic) bond motifs is 1. The molecule has 1 saturated heterocycles. The number of aromatic nitrogens is 2. The number of nitrogens with one attached hydrogen (secondary N) is 1. The molecule has 6 nitrogen and oxygen atoms in total. The Morgan fingerprint density at radius 2 is 2.19 bits per heavy atom. The predicted octanol–water partition coefficient (Wildman–Crippen LogP) is 1.29. The average molecular weight is 286 g/mol. The van der Waals surface area contributed by atoms with Gasteiger partial charge in [-0.3, -0.25) is 9.59 Å². The minimum absolute atomic E-state index is 0.0649. The second-order valence-electron chi connectivity index (χ2n) is 5.62. The van der Waals surface area contributed by atoms with Crippen LogP contribution in [0.25, 0.3) is 11.0 Å². The number of hydrogen-bond acceptors (Lipinski definition) is 3. The third-order valence-corrected chi connectivity index (χ3v) is 4.21. The highest BCUT2D eigenvalue weighted by molar-refractivity contribution is 5.97. The molecule has 0 spiro atoms. The van der Waals surface area contributed by atoms with Crippen LogP contribution in [0, 0.1) is 5.92 Å². The standard InChI is InChI=1S/C15H18N4O2/c1-9-2-3-11(14(16)20)7-19(9)15(21)10-4-5-12-13(6-10)18-8-17-12/h4-6,8-9,11H,2-3,7H2,1H3,(H2,16,20)(H,17,18). The Kier molecular flexibility index (Phi) is 3.37. The highest BCUT2D eigenvalue weighted by Crippen LogP contribution is 2.24. The first-order chi connectivity index (χ1) is 10.1. The third-order valence-electron chi connectivity index (χ3n) is 4.21. The van der Waals surface area contributed by atoms with E-state index >= 15 is 0 Å². The largest absolute Gasteiger partial charge is 0.369 e. The van der Waals surface area contributed by atoms with Gasteiger partial charge in [-0.05, 0) is 38.0 Å². The van der Waals surface area contributed by atoms with E-state index in [0.717, 1.165) is 23.9 Å². The molecule has 21 heavy (non-hydrogen) atoms. The Hall–Kier alpha value is -2.37. The fourth-order valence-corrected chi connectivity index (χ4v) is 2.86. The van der Waals surface area contributed by atoms with Crippen LogP contribution in [-0.2, 0) is 4.79 Å². The highest BCUT2D eigenvalue weighted by Gasteiger charge is 2.32. The number of primary amides is 1. The number of H-pyrrole nitrogens is 1. The smallest absolute Gasteiger partial charge is 0.254 e. The van der Waals surface area contributed by atoms with E-state index in [1.54, 1.807) is 23.4 Å². The number of amides is 2. The molecule has 2 aromatic rings. The molecule has 1 fully saturated rings. The van der Waals surface area contributed by atoms with E-state index in [-0.39, 0.29) is 23.8 Å². The first kappa shape index (κ1) is 13.6. The predicted molar refractivity (Wildman–Crippen MR) is 78.5 cm³/mol. The lowest BCUT2D eigenvalue weighted by atomic mass is 9.92. The molecule has 3 rings (SSSR count). The summed E-state index contributed by atoms with van der Waals surface area (Å²) >= 11 is 0. The molecular formula is C15H18N4O2. The summed E-state index contributed by atoms with van der Waals surface area (Å²) in [5, 5.41) is 0. The van der Waals surface area contributed by atoms with Crippen molar-refractivity contribution in [2.24, 2.45) is 11.7 Å². The van der Waals surface area contributed by atoms with Crippen LogP contribution in [0.3, 0.4) is 0 Å². The lowest BCUT2D eigenvalue weighted by Gasteiger charge is -2.37. The lowest BCUT2D eigenvalue weighted by Crippen LogP contribution is -2.48. The summed E-state index contributed by atoms with van der Waals surface area (Å²) < 4.78 is 0. The van der Waals surface area contributed by atoms with Gasteiger partial charge in [-0.25, -0.2) is 4.98 Å². The van der Waals surface area contributed by atoms with Crippen LogP contribution in [0.4, 0.5) is 0 Å². The van der Waals surface area contributed by atoms with Gasteiger partial charge < -0.3 is 15.6 Å². The van der Waals surface area contributed by atoms with Gasteiger partial charge in [-0.1, -0.05) is 0 Å². The number of imidazole rings is 1. The average Bonchev–Trinajstić information content (AvgIpc) is 2.94. The molecule has 1 aliphatic heterocycles. The van der Waals surface area contributed by atoms with E-state index in [4.69, 9.17) is 5.73 Å². The van der Waals surface area contributed by atoms with Gasteiger partial charge >= 0.3 is 0 Å². The Balaban J connectivity index is 1.86. The molecule has 2 atom stereocenters. The van der Waals surface area contributed by atoms with Gasteiger partial charge in [0.2, 0.25) is 5.91 Å². The van der Waals surface area contributed by atoms with E-state index in [2.05, 4.69) is 9.97 Å². The van der Waals surface area contributed by atoms with Crippen LogP contribution in [0.2, 0.25) is 0 Å². The maximum atomic E-state index is 12.7. The van der Waals surface area contributed by atoms with Gasteiger partial charge in [0.05, 0.1) is 23.3 Å². The molecule has 1 aromatic carbocycles. The van der Waals surface area contributed by atoms with Gasteiger partial charge in [0, 0.05) is 18.2 Å². The number of benzene rings is 1. The Morgan fingerprint density at radius 3 is 2.95 bits per heavy atom. The molecule has 2 heterocycles. The van der Waals surface area contributed by atoms with E-state index in [9.17, 15) is 9.59 Å². The molecule has 2 unspecified atom stereocenters. The molecule has 0 bridgehead atoms. The van der Waals surface area contributed by atoms with Crippen LogP contribution in [0.15, 0.2) is 24.5 Å². The summed E-state index contributed by atoms with van der Waals surface area (Å²) in [6.45, 7) is 2.40. The van der Waals surface area contributed by atoms with E-state index in [0.29, 0.717) is 12.1 Å². The lowest BCUT2D eigenvalue weighted by molar-refractivity contribution is -0.123. The van der Waals surface area contributed by atoms with Gasteiger partial charge in [-0.2, -0.15) is 0 Å². The summed E-state index contributed by atoms with van der Waals surface area (Å²) in [6.07, 6.45) is 3.15. The number of carbonyl (C=O) groups excluding carboxylic acids is 2. The van der Waals surface area contributed by atoms with E-state index in [1.807, 2.05) is 13.0 Å². The SMILES string of the molecule is CC1CCC(C(N)=O)CN1C(=O)c1ccc2nc[nH]c2c1. The van der Waals surface area contributed by atoms with E-state index in [1.165, 1.54) is 0 Å².